The lowest BCUT2D eigenvalue weighted by molar-refractivity contribution is 0.0622. The minimum absolute atomic E-state index is 0.0648. The van der Waals surface area contributed by atoms with E-state index in [0.29, 0.717) is 42.1 Å². The Morgan fingerprint density at radius 3 is 2.44 bits per heavy atom. The Balaban J connectivity index is 1.75. The number of likely N-dealkylation sites (tertiary alicyclic amines) is 1. The number of amides is 1. The van der Waals surface area contributed by atoms with Crippen LogP contribution >= 0.6 is 0 Å². The summed E-state index contributed by atoms with van der Waals surface area (Å²) in [5.41, 5.74) is 1.68. The summed E-state index contributed by atoms with van der Waals surface area (Å²) in [5.74, 6) is 2.38. The standard InChI is InChI=1S/C22H28N2O3/c1-4-26-21-12-19(22(25)24-13-16(2)11-17(3)14-24)5-6-20(21)27-15-18-7-9-23-10-8-18/h5-10,12,16-17H,4,11,13-15H2,1-3H3. The summed E-state index contributed by atoms with van der Waals surface area (Å²) >= 11 is 0. The molecular weight excluding hydrogens is 340 g/mol. The number of aromatic nitrogens is 1. The number of rotatable bonds is 6. The summed E-state index contributed by atoms with van der Waals surface area (Å²) in [6.07, 6.45) is 4.66. The van der Waals surface area contributed by atoms with Crippen LogP contribution in [0.4, 0.5) is 0 Å². The highest BCUT2D eigenvalue weighted by Gasteiger charge is 2.26. The first-order valence-electron chi connectivity index (χ1n) is 9.64. The van der Waals surface area contributed by atoms with Crippen LogP contribution < -0.4 is 9.47 Å². The summed E-state index contributed by atoms with van der Waals surface area (Å²) in [6, 6.07) is 9.29. The molecule has 1 amide bonds. The number of hydrogen-bond donors (Lipinski definition) is 0. The van der Waals surface area contributed by atoms with E-state index in [1.807, 2.05) is 36.1 Å². The van der Waals surface area contributed by atoms with Gasteiger partial charge in [0.2, 0.25) is 0 Å². The van der Waals surface area contributed by atoms with Gasteiger partial charge in [-0.1, -0.05) is 13.8 Å². The van der Waals surface area contributed by atoms with Crippen molar-refractivity contribution >= 4 is 5.91 Å². The fraction of sp³-hybridized carbons (Fsp3) is 0.455. The Morgan fingerprint density at radius 1 is 1.07 bits per heavy atom. The van der Waals surface area contributed by atoms with Crippen LogP contribution in [-0.4, -0.2) is 35.5 Å². The fourth-order valence-electron chi connectivity index (χ4n) is 3.68. The minimum atomic E-state index is 0.0648. The Labute approximate surface area is 161 Å². The van der Waals surface area contributed by atoms with Gasteiger partial charge in [-0.2, -0.15) is 0 Å². The maximum atomic E-state index is 13.0. The average Bonchev–Trinajstić information content (AvgIpc) is 2.66. The van der Waals surface area contributed by atoms with Crippen LogP contribution in [0.5, 0.6) is 11.5 Å². The van der Waals surface area contributed by atoms with Crippen molar-refractivity contribution < 1.29 is 14.3 Å². The van der Waals surface area contributed by atoms with E-state index >= 15 is 0 Å². The van der Waals surface area contributed by atoms with Crippen molar-refractivity contribution in [3.8, 4) is 11.5 Å². The van der Waals surface area contributed by atoms with E-state index in [-0.39, 0.29) is 5.91 Å². The maximum Gasteiger partial charge on any atom is 0.254 e. The van der Waals surface area contributed by atoms with E-state index in [4.69, 9.17) is 9.47 Å². The molecule has 27 heavy (non-hydrogen) atoms. The third kappa shape index (κ3) is 5.00. The molecule has 1 fully saturated rings. The molecule has 1 aliphatic heterocycles. The van der Waals surface area contributed by atoms with Gasteiger partial charge in [0.15, 0.2) is 11.5 Å². The number of carbonyl (C=O) groups is 1. The normalized spacial score (nSPS) is 19.6. The molecule has 5 nitrogen and oxygen atoms in total. The van der Waals surface area contributed by atoms with Crippen molar-refractivity contribution in [3.63, 3.8) is 0 Å². The van der Waals surface area contributed by atoms with Crippen LogP contribution in [-0.2, 0) is 6.61 Å². The van der Waals surface area contributed by atoms with Gasteiger partial charge in [0.25, 0.3) is 5.91 Å². The van der Waals surface area contributed by atoms with Crippen LogP contribution in [0, 0.1) is 11.8 Å². The molecule has 5 heteroatoms. The zero-order chi connectivity index (χ0) is 19.2. The van der Waals surface area contributed by atoms with E-state index in [1.165, 1.54) is 6.42 Å². The fourth-order valence-corrected chi connectivity index (χ4v) is 3.68. The van der Waals surface area contributed by atoms with Crippen LogP contribution in [0.15, 0.2) is 42.7 Å². The first-order chi connectivity index (χ1) is 13.1. The molecule has 2 heterocycles. The number of ether oxygens (including phenoxy) is 2. The van der Waals surface area contributed by atoms with Crippen LogP contribution in [0.3, 0.4) is 0 Å². The maximum absolute atomic E-state index is 13.0. The van der Waals surface area contributed by atoms with Crippen LogP contribution in [0.2, 0.25) is 0 Å². The van der Waals surface area contributed by atoms with Gasteiger partial charge in [-0.25, -0.2) is 0 Å². The summed E-state index contributed by atoms with van der Waals surface area (Å²) < 4.78 is 11.7. The molecule has 0 bridgehead atoms. The molecule has 1 aliphatic rings. The van der Waals surface area contributed by atoms with E-state index < -0.39 is 0 Å². The molecule has 144 valence electrons. The highest BCUT2D eigenvalue weighted by molar-refractivity contribution is 5.95. The molecule has 0 saturated carbocycles. The Morgan fingerprint density at radius 2 is 1.78 bits per heavy atom. The second-order valence-corrected chi connectivity index (χ2v) is 7.39. The predicted octanol–water partition coefficient (Wildman–Crippen LogP) is 4.18. The minimum Gasteiger partial charge on any atom is -0.490 e. The van der Waals surface area contributed by atoms with E-state index in [2.05, 4.69) is 18.8 Å². The lowest BCUT2D eigenvalue weighted by Gasteiger charge is -2.35. The van der Waals surface area contributed by atoms with Crippen molar-refractivity contribution in [1.82, 2.24) is 9.88 Å². The van der Waals surface area contributed by atoms with Gasteiger partial charge in [0.1, 0.15) is 6.61 Å². The smallest absolute Gasteiger partial charge is 0.254 e. The van der Waals surface area contributed by atoms with Crippen molar-refractivity contribution in [3.05, 3.63) is 53.9 Å². The molecule has 1 aromatic heterocycles. The second kappa shape index (κ2) is 8.89. The summed E-state index contributed by atoms with van der Waals surface area (Å²) in [6.45, 7) is 8.91. The van der Waals surface area contributed by atoms with Crippen molar-refractivity contribution in [2.24, 2.45) is 11.8 Å². The first kappa shape index (κ1) is 19.2. The monoisotopic (exact) mass is 368 g/mol. The molecule has 3 rings (SSSR count). The van der Waals surface area contributed by atoms with Gasteiger partial charge in [-0.3, -0.25) is 9.78 Å². The third-order valence-corrected chi connectivity index (χ3v) is 4.79. The lowest BCUT2D eigenvalue weighted by Crippen LogP contribution is -2.42. The molecule has 0 radical (unpaired) electrons. The van der Waals surface area contributed by atoms with Crippen LogP contribution in [0.25, 0.3) is 0 Å². The number of hydrogen-bond acceptors (Lipinski definition) is 4. The topological polar surface area (TPSA) is 51.7 Å². The van der Waals surface area contributed by atoms with Crippen molar-refractivity contribution in [2.45, 2.75) is 33.8 Å². The molecule has 2 aromatic rings. The molecule has 2 unspecified atom stereocenters. The molecule has 0 spiro atoms. The Hall–Kier alpha value is -2.56. The Bertz CT molecular complexity index is 753. The van der Waals surface area contributed by atoms with Crippen LogP contribution in [0.1, 0.15) is 43.1 Å². The number of benzene rings is 1. The predicted molar refractivity (Wildman–Crippen MR) is 105 cm³/mol. The highest BCUT2D eigenvalue weighted by atomic mass is 16.5. The zero-order valence-corrected chi connectivity index (χ0v) is 16.4. The third-order valence-electron chi connectivity index (χ3n) is 4.79. The van der Waals surface area contributed by atoms with Gasteiger partial charge >= 0.3 is 0 Å². The summed E-state index contributed by atoms with van der Waals surface area (Å²) in [4.78, 5) is 18.9. The van der Waals surface area contributed by atoms with Gasteiger partial charge in [0.05, 0.1) is 6.61 Å². The first-order valence-corrected chi connectivity index (χ1v) is 9.64. The highest BCUT2D eigenvalue weighted by Crippen LogP contribution is 2.31. The van der Waals surface area contributed by atoms with Crippen molar-refractivity contribution in [2.75, 3.05) is 19.7 Å². The van der Waals surface area contributed by atoms with Gasteiger partial charge in [0, 0.05) is 31.0 Å². The Kier molecular flexibility index (Phi) is 6.32. The van der Waals surface area contributed by atoms with Crippen molar-refractivity contribution in [1.29, 1.82) is 0 Å². The van der Waals surface area contributed by atoms with E-state index in [1.54, 1.807) is 18.5 Å². The quantitative estimate of drug-likeness (QED) is 0.768. The van der Waals surface area contributed by atoms with Gasteiger partial charge in [-0.05, 0) is 61.1 Å². The number of piperidine rings is 1. The largest absolute Gasteiger partial charge is 0.490 e. The lowest BCUT2D eigenvalue weighted by atomic mass is 9.91. The second-order valence-electron chi connectivity index (χ2n) is 7.39. The molecule has 0 N–H and O–H groups in total. The van der Waals surface area contributed by atoms with E-state index in [0.717, 1.165) is 18.7 Å². The molecule has 1 saturated heterocycles. The zero-order valence-electron chi connectivity index (χ0n) is 16.4. The molecular formula is C22H28N2O3. The molecule has 1 aromatic carbocycles. The van der Waals surface area contributed by atoms with Gasteiger partial charge < -0.3 is 14.4 Å². The SMILES string of the molecule is CCOc1cc(C(=O)N2CC(C)CC(C)C2)ccc1OCc1ccncc1. The number of nitrogens with zero attached hydrogens (tertiary/aromatic N) is 2. The average molecular weight is 368 g/mol. The number of pyridine rings is 1. The molecule has 0 aliphatic carbocycles. The molecule has 2 atom stereocenters. The summed E-state index contributed by atoms with van der Waals surface area (Å²) in [5, 5.41) is 0. The summed E-state index contributed by atoms with van der Waals surface area (Å²) in [7, 11) is 0. The van der Waals surface area contributed by atoms with E-state index in [9.17, 15) is 4.79 Å². The van der Waals surface area contributed by atoms with Gasteiger partial charge in [-0.15, -0.1) is 0 Å². The number of carbonyl (C=O) groups excluding carboxylic acids is 1.